The normalized spacial score (nSPS) is 12.8. The number of hydrogen-bond acceptors (Lipinski definition) is 4. The van der Waals surface area contributed by atoms with Crippen LogP contribution >= 0.6 is 0 Å². The molecule has 0 heterocycles. The summed E-state index contributed by atoms with van der Waals surface area (Å²) in [4.78, 5) is 0. The molecule has 72 valence electrons. The molecule has 1 aromatic rings. The quantitative estimate of drug-likeness (QED) is 0.304. The van der Waals surface area contributed by atoms with Crippen LogP contribution in [0.25, 0.3) is 0 Å². The lowest BCUT2D eigenvalue weighted by Crippen LogP contribution is -2.65. The minimum absolute atomic E-state index is 0.196. The van der Waals surface area contributed by atoms with Crippen LogP contribution in [0.1, 0.15) is 11.7 Å². The van der Waals surface area contributed by atoms with Gasteiger partial charge in [0, 0.05) is 0 Å². The Morgan fingerprint density at radius 3 is 2.54 bits per heavy atom. The minimum atomic E-state index is -0.732. The topological polar surface area (TPSA) is 100 Å². The van der Waals surface area contributed by atoms with E-state index in [2.05, 4.69) is 11.3 Å². The van der Waals surface area contributed by atoms with E-state index >= 15 is 0 Å². The van der Waals surface area contributed by atoms with Gasteiger partial charge >= 0.3 is 0 Å². The molecule has 1 rings (SSSR count). The zero-order valence-corrected chi connectivity index (χ0v) is 7.07. The molecule has 0 aliphatic rings. The van der Waals surface area contributed by atoms with Gasteiger partial charge in [-0.15, -0.1) is 0 Å². The van der Waals surface area contributed by atoms with Crippen LogP contribution in [-0.2, 0) is 0 Å². The molecule has 0 aliphatic heterocycles. The molecule has 5 heteroatoms. The van der Waals surface area contributed by atoms with E-state index in [4.69, 9.17) is 10.2 Å². The number of benzene rings is 1. The number of phenolic OH excluding ortho intramolecular Hbond substituents is 2. The molecule has 0 amide bonds. The molecule has 0 bridgehead atoms. The summed E-state index contributed by atoms with van der Waals surface area (Å²) in [7, 11) is 0. The first kappa shape index (κ1) is 9.79. The highest BCUT2D eigenvalue weighted by atomic mass is 16.3. The predicted molar refractivity (Wildman–Crippen MR) is 45.6 cm³/mol. The van der Waals surface area contributed by atoms with E-state index in [0.29, 0.717) is 12.1 Å². The minimum Gasteiger partial charge on any atom is -0.504 e. The van der Waals surface area contributed by atoms with E-state index in [1.54, 1.807) is 0 Å². The van der Waals surface area contributed by atoms with Crippen molar-refractivity contribution in [3.05, 3.63) is 23.8 Å². The second-order valence-electron chi connectivity index (χ2n) is 2.72. The number of quaternary nitrogens is 1. The van der Waals surface area contributed by atoms with Crippen molar-refractivity contribution in [1.29, 1.82) is 0 Å². The maximum atomic E-state index is 9.44. The Morgan fingerprint density at radius 1 is 1.31 bits per heavy atom. The van der Waals surface area contributed by atoms with Gasteiger partial charge in [0.1, 0.15) is 0 Å². The SMILES string of the molecule is [NH3+]NCC(O)c1ccc(O)c(O)c1. The van der Waals surface area contributed by atoms with Crippen LogP contribution in [0.3, 0.4) is 0 Å². The highest BCUT2D eigenvalue weighted by Crippen LogP contribution is 2.27. The predicted octanol–water partition coefficient (Wildman–Crippen LogP) is -1.12. The van der Waals surface area contributed by atoms with Crippen LogP contribution in [0.4, 0.5) is 0 Å². The summed E-state index contributed by atoms with van der Waals surface area (Å²) in [5, 5.41) is 27.6. The standard InChI is InChI=1S/C8H12N2O3/c9-10-4-8(13)5-1-2-6(11)7(12)3-5/h1-3,8,10-13H,4,9H2/p+1. The maximum Gasteiger partial charge on any atom is 0.157 e. The molecule has 0 fully saturated rings. The van der Waals surface area contributed by atoms with Crippen LogP contribution < -0.4 is 11.3 Å². The van der Waals surface area contributed by atoms with Crippen molar-refractivity contribution in [3.8, 4) is 11.5 Å². The Labute approximate surface area is 75.4 Å². The van der Waals surface area contributed by atoms with E-state index in [1.165, 1.54) is 18.2 Å². The molecule has 1 aromatic carbocycles. The average Bonchev–Trinajstić information content (AvgIpc) is 2.10. The third-order valence-corrected chi connectivity index (χ3v) is 1.72. The molecular formula is C8H13N2O3+. The zero-order chi connectivity index (χ0) is 9.84. The second kappa shape index (κ2) is 4.08. The molecule has 13 heavy (non-hydrogen) atoms. The Bertz CT molecular complexity index is 291. The number of aromatic hydroxyl groups is 2. The van der Waals surface area contributed by atoms with Gasteiger partial charge in [0.2, 0.25) is 0 Å². The van der Waals surface area contributed by atoms with Crippen LogP contribution in [0.15, 0.2) is 18.2 Å². The number of aliphatic hydroxyl groups is 1. The van der Waals surface area contributed by atoms with Gasteiger partial charge in [0.15, 0.2) is 11.5 Å². The van der Waals surface area contributed by atoms with Crippen molar-refractivity contribution in [2.24, 2.45) is 0 Å². The first-order chi connectivity index (χ1) is 6.15. The van der Waals surface area contributed by atoms with Crippen LogP contribution in [0, 0.1) is 0 Å². The van der Waals surface area contributed by atoms with Gasteiger partial charge in [-0.2, -0.15) is 5.43 Å². The van der Waals surface area contributed by atoms with E-state index < -0.39 is 6.10 Å². The lowest BCUT2D eigenvalue weighted by Gasteiger charge is -2.09. The van der Waals surface area contributed by atoms with Crippen molar-refractivity contribution in [3.63, 3.8) is 0 Å². The van der Waals surface area contributed by atoms with Crippen LogP contribution in [0.2, 0.25) is 0 Å². The largest absolute Gasteiger partial charge is 0.504 e. The summed E-state index contributed by atoms with van der Waals surface area (Å²) in [6, 6.07) is 4.19. The Morgan fingerprint density at radius 2 is 2.00 bits per heavy atom. The summed E-state index contributed by atoms with van der Waals surface area (Å²) in [5.41, 5.74) is 3.09. The van der Waals surface area contributed by atoms with E-state index in [1.807, 2.05) is 0 Å². The number of nitrogens with one attached hydrogen (secondary N) is 1. The lowest BCUT2D eigenvalue weighted by atomic mass is 10.1. The van der Waals surface area contributed by atoms with Gasteiger partial charge in [-0.3, -0.25) is 5.84 Å². The Kier molecular flexibility index (Phi) is 3.07. The maximum absolute atomic E-state index is 9.44. The van der Waals surface area contributed by atoms with Gasteiger partial charge < -0.3 is 15.3 Å². The van der Waals surface area contributed by atoms with E-state index in [9.17, 15) is 5.11 Å². The van der Waals surface area contributed by atoms with E-state index in [0.717, 1.165) is 0 Å². The first-order valence-corrected chi connectivity index (χ1v) is 3.85. The number of aliphatic hydroxyl groups excluding tert-OH is 1. The third kappa shape index (κ3) is 2.32. The second-order valence-corrected chi connectivity index (χ2v) is 2.72. The number of phenols is 2. The summed E-state index contributed by atoms with van der Waals surface area (Å²) in [5.74, 6) is 2.94. The van der Waals surface area contributed by atoms with Crippen molar-refractivity contribution in [1.82, 2.24) is 5.43 Å². The van der Waals surface area contributed by atoms with Crippen molar-refractivity contribution >= 4 is 0 Å². The first-order valence-electron chi connectivity index (χ1n) is 3.85. The highest BCUT2D eigenvalue weighted by molar-refractivity contribution is 5.41. The van der Waals surface area contributed by atoms with Crippen molar-refractivity contribution in [2.45, 2.75) is 6.10 Å². The fourth-order valence-electron chi connectivity index (χ4n) is 1.00. The van der Waals surface area contributed by atoms with Gasteiger partial charge in [0.25, 0.3) is 0 Å². The summed E-state index contributed by atoms with van der Waals surface area (Å²) >= 11 is 0. The molecule has 7 N–H and O–H groups in total. The molecule has 0 aromatic heterocycles. The molecular weight excluding hydrogens is 172 g/mol. The molecule has 5 nitrogen and oxygen atoms in total. The van der Waals surface area contributed by atoms with Crippen molar-refractivity contribution < 1.29 is 21.2 Å². The summed E-state index contributed by atoms with van der Waals surface area (Å²) < 4.78 is 0. The molecule has 0 aliphatic carbocycles. The van der Waals surface area contributed by atoms with Crippen LogP contribution in [0.5, 0.6) is 11.5 Å². The fourth-order valence-corrected chi connectivity index (χ4v) is 1.00. The molecule has 1 atom stereocenters. The molecule has 0 radical (unpaired) electrons. The van der Waals surface area contributed by atoms with Gasteiger partial charge in [-0.05, 0) is 17.7 Å². The lowest BCUT2D eigenvalue weighted by molar-refractivity contribution is -0.445. The summed E-state index contributed by atoms with van der Waals surface area (Å²) in [6.07, 6.45) is -0.732. The Hall–Kier alpha value is -1.30. The monoisotopic (exact) mass is 185 g/mol. The third-order valence-electron chi connectivity index (χ3n) is 1.72. The molecule has 0 spiro atoms. The van der Waals surface area contributed by atoms with Crippen LogP contribution in [-0.4, -0.2) is 21.9 Å². The smallest absolute Gasteiger partial charge is 0.157 e. The fraction of sp³-hybridized carbons (Fsp3) is 0.250. The van der Waals surface area contributed by atoms with E-state index in [-0.39, 0.29) is 11.5 Å². The average molecular weight is 185 g/mol. The molecule has 0 saturated heterocycles. The highest BCUT2D eigenvalue weighted by Gasteiger charge is 2.09. The number of hydrogen-bond donors (Lipinski definition) is 5. The number of rotatable bonds is 3. The molecule has 1 unspecified atom stereocenters. The van der Waals surface area contributed by atoms with Crippen molar-refractivity contribution in [2.75, 3.05) is 6.54 Å². The van der Waals surface area contributed by atoms with Gasteiger partial charge in [-0.25, -0.2) is 0 Å². The summed E-state index contributed by atoms with van der Waals surface area (Å²) in [6.45, 7) is 0.296. The molecule has 0 saturated carbocycles. The van der Waals surface area contributed by atoms with Gasteiger partial charge in [0.05, 0.1) is 12.6 Å². The van der Waals surface area contributed by atoms with Gasteiger partial charge in [-0.1, -0.05) is 6.07 Å². The Balaban J connectivity index is 2.84. The zero-order valence-electron chi connectivity index (χ0n) is 7.07.